The van der Waals surface area contributed by atoms with Crippen molar-refractivity contribution in [2.75, 3.05) is 25.9 Å². The highest BCUT2D eigenvalue weighted by Crippen LogP contribution is 2.33. The minimum Gasteiger partial charge on any atom is -0.496 e. The minimum atomic E-state index is 0.926. The Bertz CT molecular complexity index is 379. The molecule has 0 spiro atoms. The molecule has 0 saturated carbocycles. The van der Waals surface area contributed by atoms with E-state index in [0.29, 0.717) is 0 Å². The van der Waals surface area contributed by atoms with Gasteiger partial charge in [0, 0.05) is 5.69 Å². The fourth-order valence-electron chi connectivity index (χ4n) is 2.68. The first-order valence-electron chi connectivity index (χ1n) is 6.98. The van der Waals surface area contributed by atoms with Crippen molar-refractivity contribution in [3.8, 4) is 5.75 Å². The summed E-state index contributed by atoms with van der Waals surface area (Å²) in [5, 5.41) is 3.22. The van der Waals surface area contributed by atoms with E-state index in [2.05, 4.69) is 5.32 Å². The van der Waals surface area contributed by atoms with Gasteiger partial charge in [0.2, 0.25) is 0 Å². The van der Waals surface area contributed by atoms with E-state index in [0.717, 1.165) is 24.3 Å². The summed E-state index contributed by atoms with van der Waals surface area (Å²) in [7, 11) is 1.72. The minimum absolute atomic E-state index is 0.926. The van der Waals surface area contributed by atoms with Gasteiger partial charge in [0.15, 0.2) is 0 Å². The zero-order valence-electron chi connectivity index (χ0n) is 11.3. The quantitative estimate of drug-likeness (QED) is 0.751. The maximum absolute atomic E-state index is 5.91. The Kier molecular flexibility index (Phi) is 4.88. The van der Waals surface area contributed by atoms with E-state index < -0.39 is 0 Å². The molecule has 1 aromatic rings. The van der Waals surface area contributed by atoms with Crippen LogP contribution in [-0.2, 0) is 12.8 Å². The molecule has 0 unspecified atom stereocenters. The van der Waals surface area contributed by atoms with Crippen LogP contribution in [0.4, 0.5) is 5.69 Å². The van der Waals surface area contributed by atoms with Crippen molar-refractivity contribution in [2.24, 2.45) is 0 Å². The zero-order chi connectivity index (χ0) is 12.8. The van der Waals surface area contributed by atoms with Gasteiger partial charge in [-0.3, -0.25) is 0 Å². The standard InChI is InChI=1S/C11H15NO.C4H9N/c1-13-11-7-6-10(12)8-4-2-3-5-9(8)11;1-2-4-5-3-1/h6-7H,2-5,12H2,1H3;5H,1-4H2. The first-order chi connectivity index (χ1) is 8.83. The maximum atomic E-state index is 5.91. The molecule has 1 aliphatic heterocycles. The molecule has 3 rings (SSSR count). The van der Waals surface area contributed by atoms with E-state index in [-0.39, 0.29) is 0 Å². The fraction of sp³-hybridized carbons (Fsp3) is 0.600. The van der Waals surface area contributed by atoms with Gasteiger partial charge in [-0.15, -0.1) is 0 Å². The van der Waals surface area contributed by atoms with Gasteiger partial charge in [-0.1, -0.05) is 0 Å². The predicted octanol–water partition coefficient (Wildman–Crippen LogP) is 2.53. The van der Waals surface area contributed by atoms with Crippen LogP contribution in [0.2, 0.25) is 0 Å². The number of rotatable bonds is 1. The average molecular weight is 248 g/mol. The highest BCUT2D eigenvalue weighted by atomic mass is 16.5. The van der Waals surface area contributed by atoms with E-state index in [1.54, 1.807) is 7.11 Å². The van der Waals surface area contributed by atoms with Gasteiger partial charge in [0.05, 0.1) is 7.11 Å². The lowest BCUT2D eigenvalue weighted by Crippen LogP contribution is -2.07. The second-order valence-corrected chi connectivity index (χ2v) is 4.98. The van der Waals surface area contributed by atoms with Crippen LogP contribution in [0.15, 0.2) is 12.1 Å². The normalized spacial score (nSPS) is 17.6. The average Bonchev–Trinajstić information content (AvgIpc) is 2.99. The molecule has 1 heterocycles. The smallest absolute Gasteiger partial charge is 0.122 e. The van der Waals surface area contributed by atoms with Gasteiger partial charge in [-0.2, -0.15) is 0 Å². The van der Waals surface area contributed by atoms with Gasteiger partial charge in [0.1, 0.15) is 5.75 Å². The molecular weight excluding hydrogens is 224 g/mol. The van der Waals surface area contributed by atoms with Crippen molar-refractivity contribution in [2.45, 2.75) is 38.5 Å². The highest BCUT2D eigenvalue weighted by Gasteiger charge is 2.15. The third-order valence-corrected chi connectivity index (χ3v) is 3.71. The second-order valence-electron chi connectivity index (χ2n) is 4.98. The fourth-order valence-corrected chi connectivity index (χ4v) is 2.68. The van der Waals surface area contributed by atoms with E-state index >= 15 is 0 Å². The van der Waals surface area contributed by atoms with Crippen molar-refractivity contribution < 1.29 is 4.74 Å². The van der Waals surface area contributed by atoms with Crippen LogP contribution >= 0.6 is 0 Å². The Hall–Kier alpha value is -1.22. The molecule has 18 heavy (non-hydrogen) atoms. The summed E-state index contributed by atoms with van der Waals surface area (Å²) in [6.45, 7) is 2.50. The molecule has 0 amide bonds. The summed E-state index contributed by atoms with van der Waals surface area (Å²) in [6.07, 6.45) is 7.51. The molecule has 1 aliphatic carbocycles. The lowest BCUT2D eigenvalue weighted by Gasteiger charge is -2.20. The van der Waals surface area contributed by atoms with Gasteiger partial charge in [-0.25, -0.2) is 0 Å². The molecule has 0 radical (unpaired) electrons. The molecule has 100 valence electrons. The number of fused-ring (bicyclic) bond motifs is 1. The van der Waals surface area contributed by atoms with E-state index in [4.69, 9.17) is 10.5 Å². The number of ether oxygens (including phenoxy) is 1. The topological polar surface area (TPSA) is 47.3 Å². The van der Waals surface area contributed by atoms with Crippen LogP contribution in [0.3, 0.4) is 0 Å². The van der Waals surface area contributed by atoms with E-state index in [1.807, 2.05) is 12.1 Å². The molecule has 0 aromatic heterocycles. The highest BCUT2D eigenvalue weighted by molar-refractivity contribution is 5.57. The van der Waals surface area contributed by atoms with E-state index in [9.17, 15) is 0 Å². The number of nitrogen functional groups attached to an aromatic ring is 1. The Labute approximate surface area is 110 Å². The van der Waals surface area contributed by atoms with E-state index in [1.165, 1.54) is 49.9 Å². The Morgan fingerprint density at radius 1 is 1.00 bits per heavy atom. The number of benzene rings is 1. The Morgan fingerprint density at radius 3 is 2.22 bits per heavy atom. The predicted molar refractivity (Wildman–Crippen MR) is 76.2 cm³/mol. The lowest BCUT2D eigenvalue weighted by atomic mass is 9.90. The van der Waals surface area contributed by atoms with Gasteiger partial charge in [0.25, 0.3) is 0 Å². The van der Waals surface area contributed by atoms with Gasteiger partial charge in [-0.05, 0) is 74.9 Å². The van der Waals surface area contributed by atoms with Gasteiger partial charge >= 0.3 is 0 Å². The number of hydrogen-bond acceptors (Lipinski definition) is 3. The van der Waals surface area contributed by atoms with Crippen molar-refractivity contribution >= 4 is 5.69 Å². The molecular formula is C15H24N2O. The molecule has 2 aliphatic rings. The second kappa shape index (κ2) is 6.64. The number of hydrogen-bond donors (Lipinski definition) is 2. The van der Waals surface area contributed by atoms with Crippen LogP contribution in [0.1, 0.15) is 36.8 Å². The third kappa shape index (κ3) is 3.16. The first kappa shape index (κ1) is 13.2. The van der Waals surface area contributed by atoms with Crippen molar-refractivity contribution in [1.82, 2.24) is 5.32 Å². The summed E-state index contributed by atoms with van der Waals surface area (Å²) >= 11 is 0. The van der Waals surface area contributed by atoms with Crippen LogP contribution < -0.4 is 15.8 Å². The van der Waals surface area contributed by atoms with Crippen LogP contribution in [0.25, 0.3) is 0 Å². The summed E-state index contributed by atoms with van der Waals surface area (Å²) in [5.41, 5.74) is 9.47. The number of nitrogens with two attached hydrogens (primary N) is 1. The summed E-state index contributed by atoms with van der Waals surface area (Å²) in [5.74, 6) is 1.00. The summed E-state index contributed by atoms with van der Waals surface area (Å²) in [6, 6.07) is 3.92. The molecule has 0 bridgehead atoms. The van der Waals surface area contributed by atoms with Crippen molar-refractivity contribution in [1.29, 1.82) is 0 Å². The maximum Gasteiger partial charge on any atom is 0.122 e. The van der Waals surface area contributed by atoms with Crippen LogP contribution in [-0.4, -0.2) is 20.2 Å². The summed E-state index contributed by atoms with van der Waals surface area (Å²) < 4.78 is 5.31. The zero-order valence-corrected chi connectivity index (χ0v) is 11.3. The van der Waals surface area contributed by atoms with Gasteiger partial charge < -0.3 is 15.8 Å². The molecule has 3 nitrogen and oxygen atoms in total. The van der Waals surface area contributed by atoms with Crippen molar-refractivity contribution in [3.05, 3.63) is 23.3 Å². The number of methoxy groups -OCH3 is 1. The number of anilines is 1. The molecule has 1 saturated heterocycles. The first-order valence-corrected chi connectivity index (χ1v) is 6.98. The Morgan fingerprint density at radius 2 is 1.67 bits per heavy atom. The molecule has 3 heteroatoms. The lowest BCUT2D eigenvalue weighted by molar-refractivity contribution is 0.406. The molecule has 3 N–H and O–H groups in total. The third-order valence-electron chi connectivity index (χ3n) is 3.71. The Balaban J connectivity index is 0.000000202. The molecule has 1 fully saturated rings. The van der Waals surface area contributed by atoms with Crippen molar-refractivity contribution in [3.63, 3.8) is 0 Å². The number of nitrogens with one attached hydrogen (secondary N) is 1. The molecule has 1 aromatic carbocycles. The SMILES string of the molecule is C1CCNC1.COc1ccc(N)c2c1CCCC2. The molecule has 0 atom stereocenters. The largest absolute Gasteiger partial charge is 0.496 e. The monoisotopic (exact) mass is 248 g/mol. The summed E-state index contributed by atoms with van der Waals surface area (Å²) in [4.78, 5) is 0. The van der Waals surface area contributed by atoms with Crippen LogP contribution in [0.5, 0.6) is 5.75 Å². The van der Waals surface area contributed by atoms with Crippen LogP contribution in [0, 0.1) is 0 Å².